The van der Waals surface area contributed by atoms with Crippen molar-refractivity contribution in [3.8, 4) is 0 Å². The van der Waals surface area contributed by atoms with E-state index in [1.165, 1.54) is 114 Å². The monoisotopic (exact) mass is 1520 g/mol. The van der Waals surface area contributed by atoms with Crippen LogP contribution >= 0.6 is 23.2 Å². The van der Waals surface area contributed by atoms with Crippen LogP contribution in [0, 0.1) is 41.4 Å². The van der Waals surface area contributed by atoms with E-state index in [0.29, 0.717) is 44.9 Å². The highest BCUT2D eigenvalue weighted by Gasteiger charge is 2.53. The molecule has 2 saturated heterocycles. The third-order valence-electron chi connectivity index (χ3n) is 24.9. The molecule has 105 heavy (non-hydrogen) atoms. The Morgan fingerprint density at radius 3 is 1.78 bits per heavy atom. The van der Waals surface area contributed by atoms with Gasteiger partial charge in [-0.1, -0.05) is 105 Å². The van der Waals surface area contributed by atoms with E-state index in [1.807, 2.05) is 20.8 Å². The van der Waals surface area contributed by atoms with Crippen molar-refractivity contribution in [2.24, 2.45) is 41.4 Å². The van der Waals surface area contributed by atoms with E-state index in [0.717, 1.165) is 57.8 Å². The molecule has 7 aliphatic rings. The average Bonchev–Trinajstić information content (AvgIpc) is 1.77. The number of carbonyl (C=O) groups excluding carboxylic acids is 12. The number of nitrogens with zero attached hydrogens (tertiary/aromatic N) is 9. The second kappa shape index (κ2) is 37.9. The van der Waals surface area contributed by atoms with Gasteiger partial charge >= 0.3 is 6.18 Å². The minimum absolute atomic E-state index is 0.0205. The fourth-order valence-electron chi connectivity index (χ4n) is 17.6. The molecule has 2 heterocycles. The molecule has 12 amide bonds. The van der Waals surface area contributed by atoms with E-state index >= 15 is 24.0 Å². The number of hydrogen-bond acceptors (Lipinski definition) is 12. The first kappa shape index (κ1) is 86.2. The molecule has 0 aromatic carbocycles. The van der Waals surface area contributed by atoms with Crippen LogP contribution in [0.15, 0.2) is 0 Å². The van der Waals surface area contributed by atoms with Gasteiger partial charge in [-0.25, -0.2) is 0 Å². The van der Waals surface area contributed by atoms with Crippen molar-refractivity contribution >= 4 is 94.1 Å². The van der Waals surface area contributed by atoms with E-state index in [1.54, 1.807) is 6.92 Å². The molecule has 7 fully saturated rings. The van der Waals surface area contributed by atoms with Gasteiger partial charge in [0.1, 0.15) is 59.9 Å². The van der Waals surface area contributed by atoms with Crippen molar-refractivity contribution in [1.82, 2.24) is 60.0 Å². The third kappa shape index (κ3) is 21.1. The predicted molar refractivity (Wildman–Crippen MR) is 393 cm³/mol. The fraction of sp³-hybridized carbons (Fsp3) is 0.842. The Hall–Kier alpha value is -5.99. The lowest BCUT2D eigenvalue weighted by Crippen LogP contribution is -2.65. The number of fused-ring (bicyclic) bond motifs is 1. The van der Waals surface area contributed by atoms with Gasteiger partial charge in [-0.2, -0.15) is 13.2 Å². The summed E-state index contributed by atoms with van der Waals surface area (Å²) in [5.41, 5.74) is -1.62. The zero-order valence-electron chi connectivity index (χ0n) is 64.9. The molecule has 29 heteroatoms. The van der Waals surface area contributed by atoms with Crippen LogP contribution in [0.1, 0.15) is 214 Å². The Morgan fingerprint density at radius 1 is 0.600 bits per heavy atom. The molecule has 1 spiro atoms. The number of likely N-dealkylation sites (N-methyl/N-ethyl adjacent to an activating group) is 8. The Labute approximate surface area is 631 Å². The Kier molecular flexibility index (Phi) is 31.1. The summed E-state index contributed by atoms with van der Waals surface area (Å²) in [5, 5.41) is 7.31. The number of carbonyl (C=O) groups is 12. The molecule has 0 radical (unpaired) electrons. The molecule has 3 N–H and O–H groups in total. The number of amides is 12. The summed E-state index contributed by atoms with van der Waals surface area (Å²) < 4.78 is 42.4. The summed E-state index contributed by atoms with van der Waals surface area (Å²) >= 11 is 13.6. The maximum atomic E-state index is 15.9. The second-order valence-corrected chi connectivity index (χ2v) is 33.9. The van der Waals surface area contributed by atoms with Crippen molar-refractivity contribution in [3.63, 3.8) is 0 Å². The van der Waals surface area contributed by atoms with Crippen molar-refractivity contribution < 1.29 is 70.7 Å². The first-order valence-corrected chi connectivity index (χ1v) is 39.9. The summed E-state index contributed by atoms with van der Waals surface area (Å²) in [7, 11) is 13.1. The molecule has 24 nitrogen and oxygen atoms in total. The molecule has 15 atom stereocenters. The van der Waals surface area contributed by atoms with Crippen molar-refractivity contribution in [2.45, 2.75) is 291 Å². The van der Waals surface area contributed by atoms with Crippen LogP contribution in [0.2, 0.25) is 0 Å². The molecular formula is C76H123Cl2F3N12O12. The van der Waals surface area contributed by atoms with Crippen LogP contribution in [0.3, 0.4) is 0 Å². The molecule has 7 rings (SSSR count). The van der Waals surface area contributed by atoms with Gasteiger partial charge < -0.3 is 60.0 Å². The van der Waals surface area contributed by atoms with Crippen LogP contribution in [0.25, 0.3) is 0 Å². The average molecular weight is 1520 g/mol. The van der Waals surface area contributed by atoms with Crippen molar-refractivity contribution in [3.05, 3.63) is 0 Å². The Morgan fingerprint density at radius 2 is 1.21 bits per heavy atom. The summed E-state index contributed by atoms with van der Waals surface area (Å²) in [6.45, 7) is 8.42. The van der Waals surface area contributed by atoms with Gasteiger partial charge in [0.05, 0.1) is 18.9 Å². The molecule has 594 valence electrons. The number of rotatable bonds is 13. The van der Waals surface area contributed by atoms with Gasteiger partial charge in [0, 0.05) is 80.7 Å². The highest BCUT2D eigenvalue weighted by Crippen LogP contribution is 2.44. The number of alkyl halides is 5. The molecular weight excluding hydrogens is 1400 g/mol. The maximum Gasteiger partial charge on any atom is 0.393 e. The molecule has 5 aliphatic carbocycles. The smallest absolute Gasteiger partial charge is 0.347 e. The number of nitrogens with one attached hydrogen (secondary N) is 3. The zero-order chi connectivity index (χ0) is 77.9. The van der Waals surface area contributed by atoms with Crippen LogP contribution < -0.4 is 16.0 Å². The van der Waals surface area contributed by atoms with Gasteiger partial charge in [0.2, 0.25) is 70.9 Å². The molecule has 2 aliphatic heterocycles. The van der Waals surface area contributed by atoms with Crippen molar-refractivity contribution in [2.75, 3.05) is 76.5 Å². The minimum Gasteiger partial charge on any atom is -0.347 e. The van der Waals surface area contributed by atoms with Crippen LogP contribution in [-0.4, -0.2) is 268 Å². The molecule has 0 bridgehead atoms. The van der Waals surface area contributed by atoms with Gasteiger partial charge in [0.15, 0.2) is 0 Å². The first-order chi connectivity index (χ1) is 49.3. The maximum absolute atomic E-state index is 15.9. The standard InChI is InChI=1S/C76H123Cl2F3N12O12/c1-15-46(4)63-72(103)87(9)47(5)67(98)93-38-35-56(93)71(102)90(12)59(41-48-25-17-16-18-26-48)70(101)86(8)44-61(94)82-55(34-32-49-31-33-52(54(78)40-49)76(79,80)81)68(99)89(11)58(42-51-29-21-22-30-53(51)77)66(97)84-75(36-23-24-37-75)74(105)92(14)64(50-27-19-20-28-50)73(104)91(13)60(69(100)85(6)7)43-62(95)88(10)57(39-45(2)3)65(96)83-63/h45-60,63-64H,15-44H2,1-14H3,(H,82,94)(H,83,96)(H,84,97)/t46-,47-,49?,51?,52?,53?,54?,55-,56-,57-,58-,59-,60-,63-,64-/m0/s1. The SMILES string of the molecule is CC[C@H](C)[C@@H]1NC(=O)[C@H](CC(C)C)N(C)C(=O)C[C@@H](C(=O)N(C)C)N(C)C(=O)[C@H](C2CCCC2)N(C)C(=O)C2(CCCC2)NC(=O)[C@H](CC2CCCCC2Cl)N(C)C(=O)[C@H](CCC2CCC(C(F)(F)F)C(Cl)C2)NC(=O)CN(C)C(=O)[C@H](CC2CCCCC2)N(C)C(=O)[C@@H]2CCN2C(=O)[C@H](C)N(C)C1=O. The highest BCUT2D eigenvalue weighted by atomic mass is 35.5. The summed E-state index contributed by atoms with van der Waals surface area (Å²) in [4.78, 5) is 193. The molecule has 0 aromatic rings. The van der Waals surface area contributed by atoms with Crippen LogP contribution in [0.5, 0.6) is 0 Å². The molecule has 5 unspecified atom stereocenters. The highest BCUT2D eigenvalue weighted by molar-refractivity contribution is 6.21. The number of halogens is 5. The number of hydrogen-bond donors (Lipinski definition) is 3. The summed E-state index contributed by atoms with van der Waals surface area (Å²) in [6.07, 6.45) is 6.87. The van der Waals surface area contributed by atoms with Gasteiger partial charge in [-0.05, 0) is 139 Å². The van der Waals surface area contributed by atoms with Gasteiger partial charge in [-0.3, -0.25) is 57.5 Å². The second-order valence-electron chi connectivity index (χ2n) is 32.8. The fourth-order valence-corrected chi connectivity index (χ4v) is 18.5. The summed E-state index contributed by atoms with van der Waals surface area (Å²) in [6, 6.07) is -11.1. The predicted octanol–water partition coefficient (Wildman–Crippen LogP) is 7.72. The first-order valence-electron chi connectivity index (χ1n) is 39.0. The van der Waals surface area contributed by atoms with E-state index in [4.69, 9.17) is 23.2 Å². The summed E-state index contributed by atoms with van der Waals surface area (Å²) in [5.74, 6) is -11.2. The van der Waals surface area contributed by atoms with Gasteiger partial charge in [0.25, 0.3) is 0 Å². The van der Waals surface area contributed by atoms with Crippen LogP contribution in [0.4, 0.5) is 13.2 Å². The van der Waals surface area contributed by atoms with Crippen molar-refractivity contribution in [1.29, 1.82) is 0 Å². The lowest BCUT2D eigenvalue weighted by molar-refractivity contribution is -0.182. The van der Waals surface area contributed by atoms with E-state index < -0.39 is 184 Å². The normalized spacial score (nSPS) is 31.8. The lowest BCUT2D eigenvalue weighted by Gasteiger charge is -2.45. The minimum atomic E-state index is -4.53. The molecule has 0 aromatic heterocycles. The third-order valence-corrected chi connectivity index (χ3v) is 25.9. The van der Waals surface area contributed by atoms with Crippen LogP contribution in [-0.2, 0) is 57.5 Å². The van der Waals surface area contributed by atoms with Gasteiger partial charge in [-0.15, -0.1) is 23.2 Å². The Bertz CT molecular complexity index is 3080. The lowest BCUT2D eigenvalue weighted by atomic mass is 9.78. The topological polar surface area (TPSA) is 270 Å². The Balaban J connectivity index is 1.32. The largest absolute Gasteiger partial charge is 0.393 e. The zero-order valence-corrected chi connectivity index (χ0v) is 66.4. The molecule has 5 saturated carbocycles. The van der Waals surface area contributed by atoms with E-state index in [2.05, 4.69) is 16.0 Å². The van der Waals surface area contributed by atoms with E-state index in [9.17, 15) is 46.7 Å². The quantitative estimate of drug-likeness (QED) is 0.150. The van der Waals surface area contributed by atoms with E-state index in [-0.39, 0.29) is 94.9 Å².